The van der Waals surface area contributed by atoms with Crippen molar-refractivity contribution in [2.24, 2.45) is 0 Å². The maximum absolute atomic E-state index is 11.0. The van der Waals surface area contributed by atoms with Crippen LogP contribution in [0.1, 0.15) is 38.7 Å². The van der Waals surface area contributed by atoms with E-state index in [1.54, 1.807) is 0 Å². The number of hydrogen-bond donors (Lipinski definition) is 0. The zero-order valence-corrected chi connectivity index (χ0v) is 12.3. The maximum Gasteiger partial charge on any atom is 0.305 e. The number of nitrogens with zero attached hydrogens (tertiary/aromatic N) is 1. The number of rotatable bonds is 8. The first-order valence-electron chi connectivity index (χ1n) is 7.14. The van der Waals surface area contributed by atoms with Crippen LogP contribution >= 0.6 is 0 Å². The molecule has 0 N–H and O–H groups in total. The van der Waals surface area contributed by atoms with E-state index in [0.29, 0.717) is 13.0 Å². The number of benzene rings is 1. The zero-order valence-electron chi connectivity index (χ0n) is 12.3. The summed E-state index contributed by atoms with van der Waals surface area (Å²) in [6.07, 6.45) is 2.43. The van der Waals surface area contributed by atoms with Crippen LogP contribution in [0, 0.1) is 6.92 Å². The van der Waals surface area contributed by atoms with Gasteiger partial charge in [-0.05, 0) is 44.4 Å². The molecule has 0 heterocycles. The lowest BCUT2D eigenvalue weighted by molar-refractivity contribution is -0.143. The van der Waals surface area contributed by atoms with Crippen LogP contribution in [-0.2, 0) is 9.53 Å². The molecule has 3 nitrogen and oxygen atoms in total. The summed E-state index contributed by atoms with van der Waals surface area (Å²) < 4.78 is 5.07. The van der Waals surface area contributed by atoms with Gasteiger partial charge in [-0.2, -0.15) is 0 Å². The minimum Gasteiger partial charge on any atom is -0.466 e. The van der Waals surface area contributed by atoms with Crippen LogP contribution in [-0.4, -0.2) is 25.7 Å². The van der Waals surface area contributed by atoms with Crippen molar-refractivity contribution in [1.29, 1.82) is 0 Å². The predicted molar refractivity (Wildman–Crippen MR) is 79.6 cm³/mol. The Bertz CT molecular complexity index is 390. The second-order valence-corrected chi connectivity index (χ2v) is 4.70. The Morgan fingerprint density at radius 2 is 2.05 bits per heavy atom. The van der Waals surface area contributed by atoms with Crippen molar-refractivity contribution in [1.82, 2.24) is 0 Å². The third-order valence-electron chi connectivity index (χ3n) is 3.12. The third kappa shape index (κ3) is 5.77. The van der Waals surface area contributed by atoms with Gasteiger partial charge in [-0.15, -0.1) is 0 Å². The molecule has 1 aromatic carbocycles. The van der Waals surface area contributed by atoms with Gasteiger partial charge in [-0.25, -0.2) is 0 Å². The molecular weight excluding hydrogens is 238 g/mol. The van der Waals surface area contributed by atoms with Crippen LogP contribution in [0.2, 0.25) is 0 Å². The van der Waals surface area contributed by atoms with Crippen LogP contribution in [0.25, 0.3) is 0 Å². The molecule has 0 saturated carbocycles. The molecule has 1 rings (SSSR count). The van der Waals surface area contributed by atoms with Crippen molar-refractivity contribution in [2.45, 2.75) is 40.0 Å². The van der Waals surface area contributed by atoms with Crippen LogP contribution in [0.4, 0.5) is 5.69 Å². The number of unbranched alkanes of at least 4 members (excludes halogenated alkanes) is 1. The largest absolute Gasteiger partial charge is 0.466 e. The molecule has 0 aliphatic rings. The van der Waals surface area contributed by atoms with E-state index >= 15 is 0 Å². The number of hydrogen-bond acceptors (Lipinski definition) is 3. The number of esters is 1. The Hall–Kier alpha value is -1.51. The number of carbonyl (C=O) groups excluding carboxylic acids is 1. The Labute approximate surface area is 116 Å². The van der Waals surface area contributed by atoms with Crippen LogP contribution < -0.4 is 4.90 Å². The van der Waals surface area contributed by atoms with E-state index in [1.165, 1.54) is 11.3 Å². The van der Waals surface area contributed by atoms with E-state index in [-0.39, 0.29) is 5.97 Å². The van der Waals surface area contributed by atoms with Gasteiger partial charge >= 0.3 is 5.97 Å². The fraction of sp³-hybridized carbons (Fsp3) is 0.562. The summed E-state index contributed by atoms with van der Waals surface area (Å²) in [6, 6.07) is 8.56. The Morgan fingerprint density at radius 1 is 1.26 bits per heavy atom. The minimum atomic E-state index is -0.106. The standard InChI is InChI=1S/C16H25NO2/c1-4-16(18)19-12-7-6-11-17(5-2)15-10-8-9-14(3)13-15/h8-10,13H,4-7,11-12H2,1-3H3. The molecule has 0 spiro atoms. The second-order valence-electron chi connectivity index (χ2n) is 4.70. The number of anilines is 1. The van der Waals surface area contributed by atoms with Gasteiger partial charge in [-0.1, -0.05) is 19.1 Å². The quantitative estimate of drug-likeness (QED) is 0.530. The summed E-state index contributed by atoms with van der Waals surface area (Å²) in [4.78, 5) is 13.3. The van der Waals surface area contributed by atoms with Crippen LogP contribution in [0.15, 0.2) is 24.3 Å². The van der Waals surface area contributed by atoms with Gasteiger partial charge in [0.2, 0.25) is 0 Å². The van der Waals surface area contributed by atoms with Crippen molar-refractivity contribution in [2.75, 3.05) is 24.6 Å². The molecular formula is C16H25NO2. The van der Waals surface area contributed by atoms with E-state index in [2.05, 4.69) is 43.0 Å². The average Bonchev–Trinajstić information content (AvgIpc) is 2.42. The van der Waals surface area contributed by atoms with Crippen molar-refractivity contribution in [3.05, 3.63) is 29.8 Å². The van der Waals surface area contributed by atoms with Crippen molar-refractivity contribution in [3.63, 3.8) is 0 Å². The molecule has 19 heavy (non-hydrogen) atoms. The lowest BCUT2D eigenvalue weighted by Crippen LogP contribution is -2.24. The van der Waals surface area contributed by atoms with Gasteiger partial charge < -0.3 is 9.64 Å². The average molecular weight is 263 g/mol. The summed E-state index contributed by atoms with van der Waals surface area (Å²) in [5.41, 5.74) is 2.56. The molecule has 0 aliphatic carbocycles. The highest BCUT2D eigenvalue weighted by molar-refractivity contribution is 5.68. The van der Waals surface area contributed by atoms with Gasteiger partial charge in [0.05, 0.1) is 6.61 Å². The van der Waals surface area contributed by atoms with Crippen molar-refractivity contribution in [3.8, 4) is 0 Å². The molecule has 0 aliphatic heterocycles. The van der Waals surface area contributed by atoms with Crippen molar-refractivity contribution >= 4 is 11.7 Å². The summed E-state index contributed by atoms with van der Waals surface area (Å²) in [5.74, 6) is -0.106. The SMILES string of the molecule is CCC(=O)OCCCCN(CC)c1cccc(C)c1. The maximum atomic E-state index is 11.0. The van der Waals surface area contributed by atoms with Gasteiger partial charge in [0.25, 0.3) is 0 Å². The van der Waals surface area contributed by atoms with Crippen LogP contribution in [0.5, 0.6) is 0 Å². The number of aryl methyl sites for hydroxylation is 1. The molecule has 1 aromatic rings. The molecule has 106 valence electrons. The molecule has 0 atom stereocenters. The van der Waals surface area contributed by atoms with Crippen LogP contribution in [0.3, 0.4) is 0 Å². The van der Waals surface area contributed by atoms with Crippen molar-refractivity contribution < 1.29 is 9.53 Å². The van der Waals surface area contributed by atoms with E-state index in [4.69, 9.17) is 4.74 Å². The highest BCUT2D eigenvalue weighted by Gasteiger charge is 2.04. The first kappa shape index (κ1) is 15.5. The van der Waals surface area contributed by atoms with E-state index in [1.807, 2.05) is 6.92 Å². The molecule has 0 unspecified atom stereocenters. The van der Waals surface area contributed by atoms with Gasteiger partial charge in [-0.3, -0.25) is 4.79 Å². The molecule has 3 heteroatoms. The highest BCUT2D eigenvalue weighted by Crippen LogP contribution is 2.16. The molecule has 0 aromatic heterocycles. The Balaban J connectivity index is 2.31. The smallest absolute Gasteiger partial charge is 0.305 e. The fourth-order valence-electron chi connectivity index (χ4n) is 1.99. The van der Waals surface area contributed by atoms with Gasteiger partial charge in [0.15, 0.2) is 0 Å². The first-order chi connectivity index (χ1) is 9.17. The topological polar surface area (TPSA) is 29.5 Å². The first-order valence-corrected chi connectivity index (χ1v) is 7.14. The van der Waals surface area contributed by atoms with E-state index in [9.17, 15) is 4.79 Å². The number of ether oxygens (including phenoxy) is 1. The van der Waals surface area contributed by atoms with Gasteiger partial charge in [0, 0.05) is 25.2 Å². The number of carbonyl (C=O) groups is 1. The third-order valence-corrected chi connectivity index (χ3v) is 3.12. The van der Waals surface area contributed by atoms with Gasteiger partial charge in [0.1, 0.15) is 0 Å². The molecule has 0 fully saturated rings. The molecule has 0 radical (unpaired) electrons. The second kappa shape index (κ2) is 8.57. The Morgan fingerprint density at radius 3 is 2.68 bits per heavy atom. The summed E-state index contributed by atoms with van der Waals surface area (Å²) >= 11 is 0. The molecule has 0 saturated heterocycles. The lowest BCUT2D eigenvalue weighted by atomic mass is 10.2. The minimum absolute atomic E-state index is 0.106. The summed E-state index contributed by atoms with van der Waals surface area (Å²) in [7, 11) is 0. The monoisotopic (exact) mass is 263 g/mol. The highest BCUT2D eigenvalue weighted by atomic mass is 16.5. The summed E-state index contributed by atoms with van der Waals surface area (Å²) in [5, 5.41) is 0. The summed E-state index contributed by atoms with van der Waals surface area (Å²) in [6.45, 7) is 8.64. The lowest BCUT2D eigenvalue weighted by Gasteiger charge is -2.23. The predicted octanol–water partition coefficient (Wildman–Crippen LogP) is 3.55. The normalized spacial score (nSPS) is 10.3. The molecule has 0 bridgehead atoms. The Kier molecular flexibility index (Phi) is 7.01. The van der Waals surface area contributed by atoms with E-state index in [0.717, 1.165) is 25.9 Å². The molecule has 0 amide bonds. The fourth-order valence-corrected chi connectivity index (χ4v) is 1.99. The zero-order chi connectivity index (χ0) is 14.1. The van der Waals surface area contributed by atoms with E-state index < -0.39 is 0 Å².